The molecule has 0 unspecified atom stereocenters. The van der Waals surface area contributed by atoms with Gasteiger partial charge in [0.25, 0.3) is 0 Å². The van der Waals surface area contributed by atoms with Gasteiger partial charge in [0.05, 0.1) is 4.86 Å². The van der Waals surface area contributed by atoms with Crippen LogP contribution in [0, 0.1) is 0 Å². The molecule has 0 fully saturated rings. The molecule has 17 heavy (non-hydrogen) atoms. The van der Waals surface area contributed by atoms with Crippen LogP contribution in [0.4, 0.5) is 5.13 Å². The Bertz CT molecular complexity index is 556. The molecule has 0 saturated heterocycles. The van der Waals surface area contributed by atoms with E-state index in [1.54, 1.807) is 24.5 Å². The maximum absolute atomic E-state index is 10.3. The molecule has 0 bridgehead atoms. The summed E-state index contributed by atoms with van der Waals surface area (Å²) in [6.07, 6.45) is 3.84. The predicted octanol–water partition coefficient (Wildman–Crippen LogP) is 2.53. The number of pyridine rings is 1. The Morgan fingerprint density at radius 3 is 2.82 bits per heavy atom. The van der Waals surface area contributed by atoms with Crippen LogP contribution in [0.3, 0.4) is 0 Å². The summed E-state index contributed by atoms with van der Waals surface area (Å²) in [6.45, 7) is 0. The Hall–Kier alpha value is -1.37. The Morgan fingerprint density at radius 2 is 2.18 bits per heavy atom. The van der Waals surface area contributed by atoms with Crippen molar-refractivity contribution in [2.24, 2.45) is 0 Å². The standard InChI is InChI=1S/C10H6ClN3OS2/c11-9-7(14-10(17-9)13-5-15)8(16)6-1-3-12-4-2-6/h1-5H,(H,13,14,15). The van der Waals surface area contributed by atoms with Gasteiger partial charge in [-0.3, -0.25) is 9.78 Å². The van der Waals surface area contributed by atoms with Crippen LogP contribution >= 0.6 is 35.2 Å². The fourth-order valence-electron chi connectivity index (χ4n) is 1.19. The van der Waals surface area contributed by atoms with E-state index in [1.165, 1.54) is 11.3 Å². The highest BCUT2D eigenvalue weighted by molar-refractivity contribution is 7.81. The van der Waals surface area contributed by atoms with Crippen molar-refractivity contribution in [2.75, 3.05) is 5.32 Å². The van der Waals surface area contributed by atoms with Crippen molar-refractivity contribution in [2.45, 2.75) is 0 Å². The summed E-state index contributed by atoms with van der Waals surface area (Å²) in [6, 6.07) is 3.57. The van der Waals surface area contributed by atoms with Gasteiger partial charge < -0.3 is 5.32 Å². The average molecular weight is 284 g/mol. The van der Waals surface area contributed by atoms with Crippen LogP contribution in [0.25, 0.3) is 0 Å². The molecule has 0 aliphatic rings. The number of rotatable bonds is 4. The van der Waals surface area contributed by atoms with E-state index in [0.29, 0.717) is 26.4 Å². The second-order valence-electron chi connectivity index (χ2n) is 2.97. The van der Waals surface area contributed by atoms with Crippen LogP contribution in [-0.4, -0.2) is 21.2 Å². The Labute approximate surface area is 112 Å². The zero-order chi connectivity index (χ0) is 12.3. The molecule has 2 rings (SSSR count). The smallest absolute Gasteiger partial charge is 0.213 e. The van der Waals surface area contributed by atoms with Gasteiger partial charge in [0.2, 0.25) is 6.41 Å². The van der Waals surface area contributed by atoms with Gasteiger partial charge in [0.1, 0.15) is 10.0 Å². The number of thiazole rings is 1. The van der Waals surface area contributed by atoms with Gasteiger partial charge >= 0.3 is 0 Å². The molecule has 1 N–H and O–H groups in total. The van der Waals surface area contributed by atoms with Crippen LogP contribution in [0.2, 0.25) is 4.34 Å². The van der Waals surface area contributed by atoms with E-state index in [-0.39, 0.29) is 0 Å². The van der Waals surface area contributed by atoms with Gasteiger partial charge in [-0.1, -0.05) is 35.2 Å². The topological polar surface area (TPSA) is 54.9 Å². The van der Waals surface area contributed by atoms with Gasteiger partial charge in [-0.15, -0.1) is 0 Å². The molecule has 7 heteroatoms. The van der Waals surface area contributed by atoms with Crippen LogP contribution in [0.15, 0.2) is 24.5 Å². The molecule has 2 aromatic rings. The molecule has 0 aliphatic heterocycles. The largest absolute Gasteiger partial charge is 0.305 e. The van der Waals surface area contributed by atoms with Gasteiger partial charge in [-0.05, 0) is 17.7 Å². The zero-order valence-corrected chi connectivity index (χ0v) is 10.8. The summed E-state index contributed by atoms with van der Waals surface area (Å²) in [5.41, 5.74) is 1.32. The van der Waals surface area contributed by atoms with E-state index in [4.69, 9.17) is 23.8 Å². The number of halogens is 1. The highest BCUT2D eigenvalue weighted by Crippen LogP contribution is 2.29. The first kappa shape index (κ1) is 12.1. The molecule has 4 nitrogen and oxygen atoms in total. The van der Waals surface area contributed by atoms with E-state index in [0.717, 1.165) is 5.56 Å². The highest BCUT2D eigenvalue weighted by atomic mass is 35.5. The first-order valence-corrected chi connectivity index (χ1v) is 6.14. The van der Waals surface area contributed by atoms with Crippen molar-refractivity contribution in [3.63, 3.8) is 0 Å². The molecule has 86 valence electrons. The lowest BCUT2D eigenvalue weighted by Crippen LogP contribution is -2.01. The number of hydrogen-bond acceptors (Lipinski definition) is 5. The van der Waals surface area contributed by atoms with Crippen molar-refractivity contribution < 1.29 is 4.79 Å². The Morgan fingerprint density at radius 1 is 1.47 bits per heavy atom. The lowest BCUT2D eigenvalue weighted by Gasteiger charge is -1.99. The molecule has 0 spiro atoms. The van der Waals surface area contributed by atoms with Crippen LogP contribution in [-0.2, 0) is 4.79 Å². The summed E-state index contributed by atoms with van der Waals surface area (Å²) < 4.78 is 0.455. The van der Waals surface area contributed by atoms with Crippen molar-refractivity contribution in [1.82, 2.24) is 9.97 Å². The zero-order valence-electron chi connectivity index (χ0n) is 8.38. The molecular weight excluding hydrogens is 278 g/mol. The molecule has 0 atom stereocenters. The normalized spacial score (nSPS) is 9.94. The molecular formula is C10H6ClN3OS2. The van der Waals surface area contributed by atoms with E-state index in [9.17, 15) is 4.79 Å². The molecule has 1 amide bonds. The summed E-state index contributed by atoms with van der Waals surface area (Å²) in [7, 11) is 0. The average Bonchev–Trinajstić information content (AvgIpc) is 2.71. The SMILES string of the molecule is O=CNc1nc(C(=S)c2ccncc2)c(Cl)s1. The summed E-state index contributed by atoms with van der Waals surface area (Å²) in [5.74, 6) is 0. The van der Waals surface area contributed by atoms with E-state index in [2.05, 4.69) is 15.3 Å². The molecule has 0 radical (unpaired) electrons. The van der Waals surface area contributed by atoms with E-state index in [1.807, 2.05) is 0 Å². The second kappa shape index (κ2) is 5.31. The van der Waals surface area contributed by atoms with Gasteiger partial charge in [0, 0.05) is 12.4 Å². The summed E-state index contributed by atoms with van der Waals surface area (Å²) in [4.78, 5) is 18.9. The van der Waals surface area contributed by atoms with Gasteiger partial charge in [0.15, 0.2) is 5.13 Å². The minimum Gasteiger partial charge on any atom is -0.305 e. The summed E-state index contributed by atoms with van der Waals surface area (Å²) in [5, 5.41) is 2.87. The number of anilines is 1. The van der Waals surface area contributed by atoms with Crippen molar-refractivity contribution in [1.29, 1.82) is 0 Å². The van der Waals surface area contributed by atoms with Crippen LogP contribution in [0.5, 0.6) is 0 Å². The maximum atomic E-state index is 10.3. The minimum atomic E-state index is 0.427. The van der Waals surface area contributed by atoms with Crippen molar-refractivity contribution in [3.05, 3.63) is 40.1 Å². The molecule has 2 aromatic heterocycles. The summed E-state index contributed by atoms with van der Waals surface area (Å²) >= 11 is 12.5. The number of nitrogens with one attached hydrogen (secondary N) is 1. The molecule has 0 saturated carbocycles. The maximum Gasteiger partial charge on any atom is 0.213 e. The molecule has 2 heterocycles. The number of hydrogen-bond donors (Lipinski definition) is 1. The third-order valence-corrected chi connectivity index (χ3v) is 3.54. The van der Waals surface area contributed by atoms with Crippen molar-refractivity contribution >= 4 is 51.6 Å². The predicted molar refractivity (Wildman–Crippen MR) is 71.8 cm³/mol. The number of carbonyl (C=O) groups excluding carboxylic acids is 1. The van der Waals surface area contributed by atoms with Crippen LogP contribution in [0.1, 0.15) is 11.3 Å². The quantitative estimate of drug-likeness (QED) is 0.532. The Balaban J connectivity index is 2.34. The third-order valence-electron chi connectivity index (χ3n) is 1.93. The lowest BCUT2D eigenvalue weighted by atomic mass is 10.1. The number of aromatic nitrogens is 2. The van der Waals surface area contributed by atoms with Gasteiger partial charge in [-0.2, -0.15) is 0 Å². The monoisotopic (exact) mass is 283 g/mol. The fourth-order valence-corrected chi connectivity index (χ4v) is 2.61. The van der Waals surface area contributed by atoms with E-state index >= 15 is 0 Å². The number of amides is 1. The molecule has 0 aromatic carbocycles. The Kier molecular flexibility index (Phi) is 3.78. The number of nitrogens with zero attached hydrogens (tertiary/aromatic N) is 2. The van der Waals surface area contributed by atoms with Crippen LogP contribution < -0.4 is 5.32 Å². The first-order valence-electron chi connectivity index (χ1n) is 4.53. The fraction of sp³-hybridized carbons (Fsp3) is 0. The van der Waals surface area contributed by atoms with Crippen molar-refractivity contribution in [3.8, 4) is 0 Å². The third kappa shape index (κ3) is 2.66. The number of carbonyl (C=O) groups is 1. The lowest BCUT2D eigenvalue weighted by molar-refractivity contribution is -0.105. The minimum absolute atomic E-state index is 0.427. The van der Waals surface area contributed by atoms with E-state index < -0.39 is 0 Å². The highest BCUT2D eigenvalue weighted by Gasteiger charge is 2.14. The molecule has 0 aliphatic carbocycles. The number of thiocarbonyl (C=S) groups is 1. The second-order valence-corrected chi connectivity index (χ2v) is 4.98. The first-order chi connectivity index (χ1) is 8.22. The van der Waals surface area contributed by atoms with Gasteiger partial charge in [-0.25, -0.2) is 4.98 Å².